The third-order valence-electron chi connectivity index (χ3n) is 5.66. The number of furan rings is 2. The molecule has 0 N–H and O–H groups in total. The number of ketones is 1. The zero-order valence-corrected chi connectivity index (χ0v) is 21.3. The molecule has 0 radical (unpaired) electrons. The smallest absolute Gasteiger partial charge is 0.185 e. The van der Waals surface area contributed by atoms with E-state index < -0.39 is 0 Å². The van der Waals surface area contributed by atoms with Gasteiger partial charge < -0.3 is 8.83 Å². The van der Waals surface area contributed by atoms with Gasteiger partial charge in [-0.05, 0) is 92.1 Å². The Kier molecular flexibility index (Phi) is 6.95. The Morgan fingerprint density at radius 3 is 1.40 bits per heavy atom. The number of allylic oxidation sites excluding steroid dienone is 2. The van der Waals surface area contributed by atoms with Crippen LogP contribution in [0.5, 0.6) is 0 Å². The fourth-order valence-electron chi connectivity index (χ4n) is 4.08. The van der Waals surface area contributed by atoms with E-state index in [-0.39, 0.29) is 5.78 Å². The largest absolute Gasteiger partial charge is 0.457 e. The number of Topliss-reactive ketones (excluding diaryl/α,β-unsaturated/α-hetero) is 1. The maximum absolute atomic E-state index is 13.2. The van der Waals surface area contributed by atoms with Crippen molar-refractivity contribution in [3.05, 3.63) is 103 Å². The molecule has 1 aliphatic rings. The summed E-state index contributed by atoms with van der Waals surface area (Å²) in [5.41, 5.74) is 2.94. The van der Waals surface area contributed by atoms with Gasteiger partial charge in [0.05, 0.1) is 0 Å². The zero-order chi connectivity index (χ0) is 24.5. The van der Waals surface area contributed by atoms with Gasteiger partial charge in [-0.15, -0.1) is 0 Å². The Morgan fingerprint density at radius 1 is 0.600 bits per heavy atom. The van der Waals surface area contributed by atoms with Gasteiger partial charge in [-0.3, -0.25) is 4.79 Å². The van der Waals surface area contributed by atoms with Crippen LogP contribution in [0, 0.1) is 0 Å². The van der Waals surface area contributed by atoms with Gasteiger partial charge in [0, 0.05) is 42.4 Å². The highest BCUT2D eigenvalue weighted by Crippen LogP contribution is 2.33. The first-order valence-electron chi connectivity index (χ1n) is 10.9. The van der Waals surface area contributed by atoms with Gasteiger partial charge in [-0.1, -0.05) is 46.4 Å². The molecule has 2 aromatic carbocycles. The van der Waals surface area contributed by atoms with E-state index in [1.54, 1.807) is 48.6 Å². The summed E-state index contributed by atoms with van der Waals surface area (Å²) in [6.07, 6.45) is 5.82. The summed E-state index contributed by atoms with van der Waals surface area (Å²) in [6.45, 7) is 0. The van der Waals surface area contributed by atoms with Gasteiger partial charge in [0.25, 0.3) is 0 Å². The molecule has 35 heavy (non-hydrogen) atoms. The van der Waals surface area contributed by atoms with E-state index >= 15 is 0 Å². The lowest BCUT2D eigenvalue weighted by Crippen LogP contribution is -2.12. The molecule has 0 atom stereocenters. The number of hydrogen-bond donors (Lipinski definition) is 0. The van der Waals surface area contributed by atoms with Crippen molar-refractivity contribution in [2.75, 3.05) is 0 Å². The Labute approximate surface area is 222 Å². The van der Waals surface area contributed by atoms with Crippen molar-refractivity contribution in [2.45, 2.75) is 19.3 Å². The molecule has 1 saturated carbocycles. The number of hydrogen-bond acceptors (Lipinski definition) is 3. The highest BCUT2D eigenvalue weighted by atomic mass is 35.5. The van der Waals surface area contributed by atoms with Crippen LogP contribution in [0.1, 0.15) is 30.8 Å². The molecule has 0 spiro atoms. The van der Waals surface area contributed by atoms with Crippen molar-refractivity contribution in [1.82, 2.24) is 0 Å². The van der Waals surface area contributed by atoms with Gasteiger partial charge >= 0.3 is 0 Å². The molecule has 0 unspecified atom stereocenters. The van der Waals surface area contributed by atoms with Crippen LogP contribution in [0.3, 0.4) is 0 Å². The molecule has 176 valence electrons. The first-order valence-corrected chi connectivity index (χ1v) is 12.4. The quantitative estimate of drug-likeness (QED) is 0.240. The summed E-state index contributed by atoms with van der Waals surface area (Å²) < 4.78 is 11.9. The van der Waals surface area contributed by atoms with Crippen LogP contribution in [0.15, 0.2) is 80.6 Å². The molecule has 5 rings (SSSR count). The average Bonchev–Trinajstić information content (AvgIpc) is 3.45. The topological polar surface area (TPSA) is 43.4 Å². The van der Waals surface area contributed by atoms with E-state index in [1.165, 1.54) is 0 Å². The normalized spacial score (nSPS) is 16.4. The lowest BCUT2D eigenvalue weighted by atomic mass is 9.88. The highest BCUT2D eigenvalue weighted by Gasteiger charge is 2.22. The first kappa shape index (κ1) is 24.0. The minimum Gasteiger partial charge on any atom is -0.457 e. The molecule has 1 aliphatic carbocycles. The average molecular weight is 544 g/mol. The second-order valence-electron chi connectivity index (χ2n) is 8.24. The maximum Gasteiger partial charge on any atom is 0.185 e. The minimum absolute atomic E-state index is 0.0104. The molecule has 1 fully saturated rings. The molecule has 7 heteroatoms. The zero-order valence-electron chi connectivity index (χ0n) is 18.3. The maximum atomic E-state index is 13.2. The Bertz CT molecular complexity index is 1340. The Hall–Kier alpha value is -2.69. The minimum atomic E-state index is -0.0104. The van der Waals surface area contributed by atoms with Gasteiger partial charge in [0.1, 0.15) is 23.0 Å². The summed E-state index contributed by atoms with van der Waals surface area (Å²) in [7, 11) is 0. The highest BCUT2D eigenvalue weighted by molar-refractivity contribution is 6.35. The van der Waals surface area contributed by atoms with E-state index in [4.69, 9.17) is 55.2 Å². The predicted molar refractivity (Wildman–Crippen MR) is 143 cm³/mol. The van der Waals surface area contributed by atoms with Crippen molar-refractivity contribution >= 4 is 64.3 Å². The van der Waals surface area contributed by atoms with Gasteiger partial charge in [-0.25, -0.2) is 0 Å². The molecular weight excluding hydrogens is 526 g/mol. The molecular formula is C28H18Cl4O3. The number of rotatable bonds is 4. The molecule has 3 nitrogen and oxygen atoms in total. The van der Waals surface area contributed by atoms with E-state index in [2.05, 4.69) is 0 Å². The van der Waals surface area contributed by atoms with Gasteiger partial charge in [-0.2, -0.15) is 0 Å². The van der Waals surface area contributed by atoms with E-state index in [0.717, 1.165) is 17.5 Å². The standard InChI is InChI=1S/C28H18Cl4O3/c29-20-8-18(9-21(30)14-20)26-6-4-24(34-26)12-16-2-1-3-17(28(16)33)13-25-5-7-27(35-25)19-10-22(31)15-23(32)11-19/h4-15H,1-3H2. The summed E-state index contributed by atoms with van der Waals surface area (Å²) in [5, 5.41) is 2.11. The fraction of sp³-hybridized carbons (Fsp3) is 0.107. The number of halogens is 4. The van der Waals surface area contributed by atoms with E-state index in [9.17, 15) is 4.79 Å². The van der Waals surface area contributed by atoms with Gasteiger partial charge in [0.2, 0.25) is 0 Å². The van der Waals surface area contributed by atoms with Crippen LogP contribution in [0.4, 0.5) is 0 Å². The van der Waals surface area contributed by atoms with Gasteiger partial charge in [0.15, 0.2) is 5.78 Å². The summed E-state index contributed by atoms with van der Waals surface area (Å²) in [4.78, 5) is 13.2. The molecule has 0 aliphatic heterocycles. The van der Waals surface area contributed by atoms with Crippen LogP contribution in [-0.4, -0.2) is 5.78 Å². The number of benzene rings is 2. The lowest BCUT2D eigenvalue weighted by Gasteiger charge is -2.15. The fourth-order valence-corrected chi connectivity index (χ4v) is 5.14. The van der Waals surface area contributed by atoms with Crippen LogP contribution >= 0.6 is 46.4 Å². The summed E-state index contributed by atoms with van der Waals surface area (Å²) in [6, 6.07) is 17.8. The lowest BCUT2D eigenvalue weighted by molar-refractivity contribution is -0.112. The SMILES string of the molecule is O=C1C(=Cc2ccc(-c3cc(Cl)cc(Cl)c3)o2)CCCC1=Cc1ccc(-c2cc(Cl)cc(Cl)c2)o1. The Morgan fingerprint density at radius 2 is 1.00 bits per heavy atom. The van der Waals surface area contributed by atoms with Crippen molar-refractivity contribution < 1.29 is 13.6 Å². The first-order chi connectivity index (χ1) is 16.8. The van der Waals surface area contributed by atoms with Crippen molar-refractivity contribution in [3.8, 4) is 22.6 Å². The molecule has 4 aromatic rings. The monoisotopic (exact) mass is 542 g/mol. The molecule has 2 heterocycles. The van der Waals surface area contributed by atoms with Crippen LogP contribution in [-0.2, 0) is 4.79 Å². The molecule has 0 bridgehead atoms. The molecule has 2 aromatic heterocycles. The van der Waals surface area contributed by atoms with Crippen LogP contribution in [0.25, 0.3) is 34.8 Å². The van der Waals surface area contributed by atoms with E-state index in [0.29, 0.717) is 67.1 Å². The third kappa shape index (κ3) is 5.60. The molecule has 0 saturated heterocycles. The summed E-state index contributed by atoms with van der Waals surface area (Å²) >= 11 is 24.4. The van der Waals surface area contributed by atoms with Crippen molar-refractivity contribution in [3.63, 3.8) is 0 Å². The van der Waals surface area contributed by atoms with Crippen LogP contribution in [0.2, 0.25) is 20.1 Å². The van der Waals surface area contributed by atoms with Crippen molar-refractivity contribution in [1.29, 1.82) is 0 Å². The second-order valence-corrected chi connectivity index (χ2v) is 9.99. The predicted octanol–water partition coefficient (Wildman–Crippen LogP) is 10.0. The van der Waals surface area contributed by atoms with E-state index in [1.807, 2.05) is 24.3 Å². The Balaban J connectivity index is 1.37. The number of carbonyl (C=O) groups is 1. The second kappa shape index (κ2) is 10.1. The number of carbonyl (C=O) groups excluding carboxylic acids is 1. The molecule has 0 amide bonds. The summed E-state index contributed by atoms with van der Waals surface area (Å²) in [5.74, 6) is 2.44. The van der Waals surface area contributed by atoms with Crippen LogP contribution < -0.4 is 0 Å². The third-order valence-corrected chi connectivity index (χ3v) is 6.53. The van der Waals surface area contributed by atoms with Crippen molar-refractivity contribution in [2.24, 2.45) is 0 Å².